The van der Waals surface area contributed by atoms with Gasteiger partial charge in [-0.3, -0.25) is 0 Å². The number of aliphatic hydroxyl groups excluding tert-OH is 1. The van der Waals surface area contributed by atoms with Crippen LogP contribution >= 0.6 is 0 Å². The third kappa shape index (κ3) is 1.28. The van der Waals surface area contributed by atoms with Crippen molar-refractivity contribution in [3.8, 4) is 0 Å². The van der Waals surface area contributed by atoms with Gasteiger partial charge >= 0.3 is 0 Å². The maximum atomic E-state index is 10.0. The molecule has 0 spiro atoms. The summed E-state index contributed by atoms with van der Waals surface area (Å²) >= 11 is 0. The van der Waals surface area contributed by atoms with Crippen molar-refractivity contribution in [3.63, 3.8) is 0 Å². The van der Waals surface area contributed by atoms with Gasteiger partial charge in [-0.1, -0.05) is 12.2 Å². The Balaban J connectivity index is 2.19. The van der Waals surface area contributed by atoms with Crippen molar-refractivity contribution in [1.29, 1.82) is 0 Å². The van der Waals surface area contributed by atoms with Crippen molar-refractivity contribution in [3.05, 3.63) is 12.2 Å². The summed E-state index contributed by atoms with van der Waals surface area (Å²) in [5, 5.41) is 19.5. The smallest absolute Gasteiger partial charge is 0.0988 e. The molecule has 0 radical (unpaired) electrons. The molecule has 3 heteroatoms. The van der Waals surface area contributed by atoms with Crippen molar-refractivity contribution in [2.45, 2.75) is 24.5 Å². The predicted molar refractivity (Wildman–Crippen MR) is 43.6 cm³/mol. The Morgan fingerprint density at radius 2 is 2.33 bits per heavy atom. The van der Waals surface area contributed by atoms with Crippen LogP contribution in [0.3, 0.4) is 0 Å². The van der Waals surface area contributed by atoms with Gasteiger partial charge in [-0.25, -0.2) is 0 Å². The molecule has 2 N–H and O–H groups in total. The number of aliphatic hydroxyl groups is 2. The van der Waals surface area contributed by atoms with E-state index in [9.17, 15) is 10.2 Å². The van der Waals surface area contributed by atoms with Crippen LogP contribution in [0.2, 0.25) is 0 Å². The minimum atomic E-state index is -0.813. The summed E-state index contributed by atoms with van der Waals surface area (Å²) in [7, 11) is 0. The van der Waals surface area contributed by atoms with Crippen LogP contribution in [0.5, 0.6) is 0 Å². The minimum absolute atomic E-state index is 0.0784. The molecule has 1 aliphatic heterocycles. The highest BCUT2D eigenvalue weighted by atomic mass is 16.5. The summed E-state index contributed by atoms with van der Waals surface area (Å²) < 4.78 is 5.19. The monoisotopic (exact) mass is 170 g/mol. The SMILES string of the molecule is O[C@@H]1CC=C[C@H]2COC[C@]2(O)C1. The molecule has 2 rings (SSSR count). The van der Waals surface area contributed by atoms with E-state index in [0.29, 0.717) is 26.1 Å². The summed E-state index contributed by atoms with van der Waals surface area (Å²) in [5.41, 5.74) is -0.813. The quantitative estimate of drug-likeness (QED) is 0.506. The van der Waals surface area contributed by atoms with Crippen molar-refractivity contribution in [2.24, 2.45) is 5.92 Å². The van der Waals surface area contributed by atoms with E-state index in [1.54, 1.807) is 0 Å². The zero-order valence-corrected chi connectivity index (χ0v) is 6.94. The largest absolute Gasteiger partial charge is 0.393 e. The highest BCUT2D eigenvalue weighted by Crippen LogP contribution is 2.33. The van der Waals surface area contributed by atoms with Crippen LogP contribution in [-0.2, 0) is 4.74 Å². The van der Waals surface area contributed by atoms with E-state index >= 15 is 0 Å². The fourth-order valence-electron chi connectivity index (χ4n) is 1.96. The second-order valence-corrected chi connectivity index (χ2v) is 3.75. The maximum Gasteiger partial charge on any atom is 0.0988 e. The zero-order chi connectivity index (χ0) is 8.60. The number of ether oxygens (including phenoxy) is 1. The number of fused-ring (bicyclic) bond motifs is 1. The molecule has 3 atom stereocenters. The van der Waals surface area contributed by atoms with E-state index in [1.165, 1.54) is 0 Å². The van der Waals surface area contributed by atoms with Crippen LogP contribution < -0.4 is 0 Å². The summed E-state index contributed by atoms with van der Waals surface area (Å²) in [6.45, 7) is 0.943. The average Bonchev–Trinajstić information content (AvgIpc) is 2.26. The van der Waals surface area contributed by atoms with Gasteiger partial charge in [0.25, 0.3) is 0 Å². The van der Waals surface area contributed by atoms with E-state index in [2.05, 4.69) is 0 Å². The van der Waals surface area contributed by atoms with Crippen LogP contribution in [0.25, 0.3) is 0 Å². The van der Waals surface area contributed by atoms with E-state index in [1.807, 2.05) is 12.2 Å². The highest BCUT2D eigenvalue weighted by molar-refractivity contribution is 5.07. The average molecular weight is 170 g/mol. The van der Waals surface area contributed by atoms with Gasteiger partial charge in [0.2, 0.25) is 0 Å². The Morgan fingerprint density at radius 3 is 3.17 bits per heavy atom. The molecule has 1 heterocycles. The topological polar surface area (TPSA) is 49.7 Å². The summed E-state index contributed by atoms with van der Waals surface area (Å²) in [4.78, 5) is 0. The molecule has 12 heavy (non-hydrogen) atoms. The molecule has 1 saturated heterocycles. The third-order valence-corrected chi connectivity index (χ3v) is 2.71. The van der Waals surface area contributed by atoms with Gasteiger partial charge in [0.15, 0.2) is 0 Å². The molecule has 68 valence electrons. The van der Waals surface area contributed by atoms with E-state index in [0.717, 1.165) is 0 Å². The first kappa shape index (κ1) is 8.23. The second kappa shape index (κ2) is 2.83. The van der Waals surface area contributed by atoms with Gasteiger partial charge in [-0.15, -0.1) is 0 Å². The molecule has 0 saturated carbocycles. The van der Waals surface area contributed by atoms with Gasteiger partial charge in [0, 0.05) is 12.3 Å². The standard InChI is InChI=1S/C9H14O3/c10-8-3-1-2-7-5-12-6-9(7,11)4-8/h1-2,7-8,10-11H,3-6H2/t7-,8+,9+/m0/s1. The molecular weight excluding hydrogens is 156 g/mol. The van der Waals surface area contributed by atoms with Crippen LogP contribution in [0.15, 0.2) is 12.2 Å². The summed E-state index contributed by atoms with van der Waals surface area (Å²) in [6.07, 6.45) is 4.56. The Kier molecular flexibility index (Phi) is 1.94. The van der Waals surface area contributed by atoms with Crippen molar-refractivity contribution in [2.75, 3.05) is 13.2 Å². The van der Waals surface area contributed by atoms with Gasteiger partial charge < -0.3 is 14.9 Å². The molecule has 0 amide bonds. The zero-order valence-electron chi connectivity index (χ0n) is 6.94. The molecule has 3 nitrogen and oxygen atoms in total. The summed E-state index contributed by atoms with van der Waals surface area (Å²) in [5.74, 6) is 0.0784. The van der Waals surface area contributed by atoms with Crippen LogP contribution in [0.4, 0.5) is 0 Å². The molecule has 0 aromatic heterocycles. The van der Waals surface area contributed by atoms with Crippen molar-refractivity contribution >= 4 is 0 Å². The minimum Gasteiger partial charge on any atom is -0.393 e. The molecule has 0 aromatic rings. The fourth-order valence-corrected chi connectivity index (χ4v) is 1.96. The molecule has 1 fully saturated rings. The fraction of sp³-hybridized carbons (Fsp3) is 0.778. The predicted octanol–water partition coefficient (Wildman–Crippen LogP) is 0.0748. The Labute approximate surface area is 71.7 Å². The van der Waals surface area contributed by atoms with Gasteiger partial charge in [0.1, 0.15) is 0 Å². The highest BCUT2D eigenvalue weighted by Gasteiger charge is 2.43. The van der Waals surface area contributed by atoms with E-state index in [-0.39, 0.29) is 5.92 Å². The van der Waals surface area contributed by atoms with Crippen molar-refractivity contribution < 1.29 is 14.9 Å². The number of hydrogen-bond donors (Lipinski definition) is 2. The molecule has 0 aromatic carbocycles. The number of hydrogen-bond acceptors (Lipinski definition) is 3. The van der Waals surface area contributed by atoms with E-state index < -0.39 is 11.7 Å². The lowest BCUT2D eigenvalue weighted by atomic mass is 9.87. The Bertz CT molecular complexity index is 202. The van der Waals surface area contributed by atoms with Crippen LogP contribution in [0.1, 0.15) is 12.8 Å². The van der Waals surface area contributed by atoms with Gasteiger partial charge in [-0.2, -0.15) is 0 Å². The Morgan fingerprint density at radius 1 is 1.50 bits per heavy atom. The lowest BCUT2D eigenvalue weighted by Crippen LogP contribution is -2.38. The van der Waals surface area contributed by atoms with Crippen LogP contribution in [0, 0.1) is 5.92 Å². The molecule has 0 bridgehead atoms. The molecule has 2 aliphatic rings. The maximum absolute atomic E-state index is 10.0. The molecule has 0 unspecified atom stereocenters. The number of rotatable bonds is 0. The first-order chi connectivity index (χ1) is 5.71. The normalized spacial score (nSPS) is 47.2. The van der Waals surface area contributed by atoms with Gasteiger partial charge in [0.05, 0.1) is 24.9 Å². The second-order valence-electron chi connectivity index (χ2n) is 3.75. The van der Waals surface area contributed by atoms with Crippen LogP contribution in [-0.4, -0.2) is 35.1 Å². The molecule has 1 aliphatic carbocycles. The first-order valence-electron chi connectivity index (χ1n) is 4.35. The third-order valence-electron chi connectivity index (χ3n) is 2.71. The lowest BCUT2D eigenvalue weighted by molar-refractivity contribution is -0.0269. The lowest BCUT2D eigenvalue weighted by Gasteiger charge is -2.26. The molecular formula is C9H14O3. The van der Waals surface area contributed by atoms with Crippen molar-refractivity contribution in [1.82, 2.24) is 0 Å². The Hall–Kier alpha value is -0.380. The van der Waals surface area contributed by atoms with Gasteiger partial charge in [-0.05, 0) is 6.42 Å². The summed E-state index contributed by atoms with van der Waals surface area (Å²) in [6, 6.07) is 0. The van der Waals surface area contributed by atoms with E-state index in [4.69, 9.17) is 4.74 Å². The first-order valence-corrected chi connectivity index (χ1v) is 4.35.